The SMILES string of the molecule is O=C(Nc1cccc(C(F)(F)F)c1)N1CCCC1c1nc(-c2ccccc2)no1. The molecule has 9 heteroatoms. The third-order valence-corrected chi connectivity index (χ3v) is 4.71. The summed E-state index contributed by atoms with van der Waals surface area (Å²) in [5.74, 6) is 0.728. The van der Waals surface area contributed by atoms with Crippen LogP contribution in [-0.2, 0) is 6.18 Å². The molecule has 0 bridgehead atoms. The average molecular weight is 402 g/mol. The quantitative estimate of drug-likeness (QED) is 0.660. The number of aromatic nitrogens is 2. The minimum atomic E-state index is -4.48. The first-order valence-electron chi connectivity index (χ1n) is 9.06. The van der Waals surface area contributed by atoms with Gasteiger partial charge >= 0.3 is 12.2 Å². The summed E-state index contributed by atoms with van der Waals surface area (Å²) in [5.41, 5.74) is 0.0455. The molecule has 0 spiro atoms. The van der Waals surface area contributed by atoms with Crippen molar-refractivity contribution in [1.29, 1.82) is 0 Å². The second kappa shape index (κ2) is 7.57. The lowest BCUT2D eigenvalue weighted by Crippen LogP contribution is -2.34. The Morgan fingerprint density at radius 1 is 1.14 bits per heavy atom. The monoisotopic (exact) mass is 402 g/mol. The van der Waals surface area contributed by atoms with E-state index >= 15 is 0 Å². The number of anilines is 1. The number of halogens is 3. The molecule has 3 aromatic rings. The van der Waals surface area contributed by atoms with Gasteiger partial charge in [0.1, 0.15) is 6.04 Å². The van der Waals surface area contributed by atoms with E-state index < -0.39 is 23.8 Å². The number of likely N-dealkylation sites (tertiary alicyclic amines) is 1. The number of carbonyl (C=O) groups excluding carboxylic acids is 1. The predicted octanol–water partition coefficient (Wildman–Crippen LogP) is 5.12. The lowest BCUT2D eigenvalue weighted by Gasteiger charge is -2.22. The number of rotatable bonds is 3. The van der Waals surface area contributed by atoms with E-state index in [-0.39, 0.29) is 5.69 Å². The number of carbonyl (C=O) groups is 1. The van der Waals surface area contributed by atoms with Gasteiger partial charge in [-0.2, -0.15) is 18.2 Å². The van der Waals surface area contributed by atoms with E-state index in [1.807, 2.05) is 30.3 Å². The first-order valence-corrected chi connectivity index (χ1v) is 9.06. The van der Waals surface area contributed by atoms with Crippen LogP contribution < -0.4 is 5.32 Å². The standard InChI is InChI=1S/C20H17F3N4O2/c21-20(22,23)14-8-4-9-15(12-14)24-19(28)27-11-5-10-16(27)18-25-17(26-29-18)13-6-2-1-3-7-13/h1-4,6-9,12,16H,5,10-11H2,(H,24,28). The number of nitrogens with zero attached hydrogens (tertiary/aromatic N) is 3. The fourth-order valence-corrected chi connectivity index (χ4v) is 3.31. The van der Waals surface area contributed by atoms with Crippen LogP contribution in [0.25, 0.3) is 11.4 Å². The van der Waals surface area contributed by atoms with Crippen LogP contribution in [0.3, 0.4) is 0 Å². The Hall–Kier alpha value is -3.36. The number of hydrogen-bond acceptors (Lipinski definition) is 4. The van der Waals surface area contributed by atoms with Gasteiger partial charge in [0.15, 0.2) is 0 Å². The fraction of sp³-hybridized carbons (Fsp3) is 0.250. The summed E-state index contributed by atoms with van der Waals surface area (Å²) in [5, 5.41) is 6.51. The van der Waals surface area contributed by atoms with Crippen molar-refractivity contribution in [3.63, 3.8) is 0 Å². The second-order valence-electron chi connectivity index (χ2n) is 6.68. The van der Waals surface area contributed by atoms with Crippen molar-refractivity contribution in [1.82, 2.24) is 15.0 Å². The number of hydrogen-bond donors (Lipinski definition) is 1. The van der Waals surface area contributed by atoms with Gasteiger partial charge in [0.2, 0.25) is 11.7 Å². The minimum absolute atomic E-state index is 0.0750. The van der Waals surface area contributed by atoms with E-state index in [9.17, 15) is 18.0 Å². The van der Waals surface area contributed by atoms with Crippen LogP contribution in [0.2, 0.25) is 0 Å². The molecule has 2 aromatic carbocycles. The number of benzene rings is 2. The lowest BCUT2D eigenvalue weighted by molar-refractivity contribution is -0.137. The highest BCUT2D eigenvalue weighted by Crippen LogP contribution is 2.34. The van der Waals surface area contributed by atoms with Gasteiger partial charge in [-0.05, 0) is 31.0 Å². The predicted molar refractivity (Wildman–Crippen MR) is 98.9 cm³/mol. The molecule has 0 radical (unpaired) electrons. The summed E-state index contributed by atoms with van der Waals surface area (Å²) < 4.78 is 44.0. The lowest BCUT2D eigenvalue weighted by atomic mass is 10.2. The van der Waals surface area contributed by atoms with Crippen molar-refractivity contribution >= 4 is 11.7 Å². The molecule has 1 unspecified atom stereocenters. The molecule has 1 saturated heterocycles. The Morgan fingerprint density at radius 2 is 1.93 bits per heavy atom. The molecule has 150 valence electrons. The molecule has 29 heavy (non-hydrogen) atoms. The zero-order valence-corrected chi connectivity index (χ0v) is 15.2. The highest BCUT2D eigenvalue weighted by Gasteiger charge is 2.35. The van der Waals surface area contributed by atoms with E-state index in [1.54, 1.807) is 0 Å². The molecule has 1 aliphatic heterocycles. The van der Waals surface area contributed by atoms with Crippen molar-refractivity contribution in [3.8, 4) is 11.4 Å². The maximum absolute atomic E-state index is 12.9. The van der Waals surface area contributed by atoms with Crippen molar-refractivity contribution in [3.05, 3.63) is 66.1 Å². The average Bonchev–Trinajstić information content (AvgIpc) is 3.38. The van der Waals surface area contributed by atoms with E-state index in [1.165, 1.54) is 17.0 Å². The smallest absolute Gasteiger partial charge is 0.337 e. The number of amides is 2. The molecule has 1 aliphatic rings. The fourth-order valence-electron chi connectivity index (χ4n) is 3.31. The van der Waals surface area contributed by atoms with E-state index in [0.717, 1.165) is 24.1 Å². The van der Waals surface area contributed by atoms with Gasteiger partial charge in [-0.25, -0.2) is 4.79 Å². The molecule has 0 saturated carbocycles. The molecular weight excluding hydrogens is 385 g/mol. The van der Waals surface area contributed by atoms with Crippen LogP contribution in [0.4, 0.5) is 23.7 Å². The third kappa shape index (κ3) is 4.08. The molecule has 4 rings (SSSR count). The van der Waals surface area contributed by atoms with Crippen LogP contribution >= 0.6 is 0 Å². The maximum atomic E-state index is 12.9. The number of urea groups is 1. The zero-order chi connectivity index (χ0) is 20.4. The number of alkyl halides is 3. The summed E-state index contributed by atoms with van der Waals surface area (Å²) in [4.78, 5) is 18.6. The first-order chi connectivity index (χ1) is 13.9. The van der Waals surface area contributed by atoms with Crippen LogP contribution in [-0.4, -0.2) is 27.6 Å². The summed E-state index contributed by atoms with van der Waals surface area (Å²) >= 11 is 0. The zero-order valence-electron chi connectivity index (χ0n) is 15.2. The summed E-state index contributed by atoms with van der Waals surface area (Å²) in [7, 11) is 0. The molecule has 2 amide bonds. The maximum Gasteiger partial charge on any atom is 0.416 e. The molecule has 1 fully saturated rings. The van der Waals surface area contributed by atoms with Crippen LogP contribution in [0.5, 0.6) is 0 Å². The van der Waals surface area contributed by atoms with Crippen molar-refractivity contribution < 1.29 is 22.5 Å². The first kappa shape index (κ1) is 19.0. The molecule has 6 nitrogen and oxygen atoms in total. The van der Waals surface area contributed by atoms with Gasteiger partial charge in [0.05, 0.1) is 5.56 Å². The Balaban J connectivity index is 1.50. The Kier molecular flexibility index (Phi) is 4.96. The van der Waals surface area contributed by atoms with E-state index in [0.29, 0.717) is 24.7 Å². The van der Waals surface area contributed by atoms with Gasteiger partial charge in [-0.3, -0.25) is 0 Å². The molecule has 1 N–H and O–H groups in total. The molecule has 0 aliphatic carbocycles. The molecular formula is C20H17F3N4O2. The normalized spacial score (nSPS) is 16.8. The van der Waals surface area contributed by atoms with Crippen molar-refractivity contribution in [2.75, 3.05) is 11.9 Å². The van der Waals surface area contributed by atoms with Crippen LogP contribution in [0.15, 0.2) is 59.1 Å². The van der Waals surface area contributed by atoms with Gasteiger partial charge in [-0.15, -0.1) is 0 Å². The van der Waals surface area contributed by atoms with Gasteiger partial charge in [0.25, 0.3) is 0 Å². The number of nitrogens with one attached hydrogen (secondary N) is 1. The molecule has 2 heterocycles. The van der Waals surface area contributed by atoms with Gasteiger partial charge in [-0.1, -0.05) is 41.6 Å². The largest absolute Gasteiger partial charge is 0.416 e. The van der Waals surface area contributed by atoms with E-state index in [4.69, 9.17) is 4.52 Å². The van der Waals surface area contributed by atoms with Crippen LogP contribution in [0, 0.1) is 0 Å². The van der Waals surface area contributed by atoms with Crippen molar-refractivity contribution in [2.45, 2.75) is 25.1 Å². The minimum Gasteiger partial charge on any atom is -0.337 e. The Bertz CT molecular complexity index is 1000. The summed E-state index contributed by atoms with van der Waals surface area (Å²) in [6.45, 7) is 0.443. The van der Waals surface area contributed by atoms with E-state index in [2.05, 4.69) is 15.5 Å². The molecule has 1 atom stereocenters. The second-order valence-corrected chi connectivity index (χ2v) is 6.68. The summed E-state index contributed by atoms with van der Waals surface area (Å²) in [6.07, 6.45) is -3.12. The summed E-state index contributed by atoms with van der Waals surface area (Å²) in [6, 6.07) is 12.9. The topological polar surface area (TPSA) is 71.3 Å². The van der Waals surface area contributed by atoms with Crippen LogP contribution in [0.1, 0.15) is 30.3 Å². The Morgan fingerprint density at radius 3 is 2.69 bits per heavy atom. The molecule has 1 aromatic heterocycles. The third-order valence-electron chi connectivity index (χ3n) is 4.71. The van der Waals surface area contributed by atoms with Gasteiger partial charge in [0, 0.05) is 17.8 Å². The highest BCUT2D eigenvalue weighted by atomic mass is 19.4. The highest BCUT2D eigenvalue weighted by molar-refractivity contribution is 5.89. The Labute approximate surface area is 164 Å². The van der Waals surface area contributed by atoms with Crippen molar-refractivity contribution in [2.24, 2.45) is 0 Å². The van der Waals surface area contributed by atoms with Gasteiger partial charge < -0.3 is 14.7 Å².